The maximum Gasteiger partial charge on any atom is 0.335 e. The summed E-state index contributed by atoms with van der Waals surface area (Å²) in [5, 5.41) is 42.7. The minimum Gasteiger partial charge on any atom is -0.493 e. The minimum absolute atomic E-state index is 0.156. The van der Waals surface area contributed by atoms with Gasteiger partial charge in [-0.25, -0.2) is 19.6 Å². The summed E-state index contributed by atoms with van der Waals surface area (Å²) in [6, 6.07) is 4.21. The molecule has 12 heteroatoms. The van der Waals surface area contributed by atoms with E-state index in [2.05, 4.69) is 16.0 Å². The quantitative estimate of drug-likeness (QED) is 0.355. The molecule has 194 valence electrons. The second-order valence-electron chi connectivity index (χ2n) is 8.34. The highest BCUT2D eigenvalue weighted by Gasteiger charge is 2.37. The summed E-state index contributed by atoms with van der Waals surface area (Å²) in [5.41, 5.74) is 3.95. The first kappa shape index (κ1) is 27.0. The van der Waals surface area contributed by atoms with Crippen LogP contribution in [0.4, 0.5) is 0 Å². The van der Waals surface area contributed by atoms with Crippen molar-refractivity contribution >= 4 is 17.7 Å². The van der Waals surface area contributed by atoms with Gasteiger partial charge in [0.2, 0.25) is 0 Å². The highest BCUT2D eigenvalue weighted by molar-refractivity contribution is 6.14. The van der Waals surface area contributed by atoms with Crippen molar-refractivity contribution in [2.45, 2.75) is 56.5 Å². The minimum atomic E-state index is -2.27. The van der Waals surface area contributed by atoms with Crippen molar-refractivity contribution in [3.05, 3.63) is 47.5 Å². The number of aromatic nitrogens is 2. The van der Waals surface area contributed by atoms with Crippen LogP contribution in [-0.4, -0.2) is 91.2 Å². The van der Waals surface area contributed by atoms with Crippen molar-refractivity contribution in [1.82, 2.24) is 9.97 Å². The first-order chi connectivity index (χ1) is 17.2. The van der Waals surface area contributed by atoms with Crippen LogP contribution in [0.1, 0.15) is 48.8 Å². The summed E-state index contributed by atoms with van der Waals surface area (Å²) in [7, 11) is 1.64. The van der Waals surface area contributed by atoms with Gasteiger partial charge in [-0.3, -0.25) is 4.99 Å². The highest BCUT2D eigenvalue weighted by atomic mass is 16.5. The zero-order valence-corrected chi connectivity index (χ0v) is 19.8. The summed E-state index contributed by atoms with van der Waals surface area (Å²) < 4.78 is 11.3. The van der Waals surface area contributed by atoms with E-state index >= 15 is 0 Å². The van der Waals surface area contributed by atoms with Crippen LogP contribution in [0.5, 0.6) is 11.5 Å². The van der Waals surface area contributed by atoms with Crippen LogP contribution in [0.2, 0.25) is 0 Å². The molecule has 36 heavy (non-hydrogen) atoms. The van der Waals surface area contributed by atoms with Gasteiger partial charge in [-0.05, 0) is 43.9 Å². The molecule has 0 radical (unpaired) electrons. The molecule has 1 saturated carbocycles. The molecule has 5 N–H and O–H groups in total. The lowest BCUT2D eigenvalue weighted by Gasteiger charge is -2.37. The molecule has 1 aromatic heterocycles. The summed E-state index contributed by atoms with van der Waals surface area (Å²) in [5.74, 6) is -1.93. The Kier molecular flexibility index (Phi) is 8.91. The Balaban J connectivity index is 0.000000308. The zero-order valence-electron chi connectivity index (χ0n) is 19.8. The number of aliphatic imine (C=N–C) groups is 1. The van der Waals surface area contributed by atoms with Gasteiger partial charge in [0.25, 0.3) is 0 Å². The summed E-state index contributed by atoms with van der Waals surface area (Å²) >= 11 is 0. The number of benzene rings is 1. The van der Waals surface area contributed by atoms with Crippen LogP contribution < -0.4 is 9.47 Å². The molecule has 4 rings (SSSR count). The average molecular weight is 504 g/mol. The fraction of sp³-hybridized carbons (Fsp3) is 0.458. The van der Waals surface area contributed by atoms with Gasteiger partial charge < -0.3 is 35.0 Å². The number of methoxy groups -OCH3 is 1. The molecule has 12 nitrogen and oxygen atoms in total. The van der Waals surface area contributed by atoms with E-state index < -0.39 is 24.1 Å². The zero-order chi connectivity index (χ0) is 26.4. The van der Waals surface area contributed by atoms with Crippen LogP contribution in [0.25, 0.3) is 0 Å². The molecule has 1 aromatic carbocycles. The van der Waals surface area contributed by atoms with Crippen molar-refractivity contribution in [2.75, 3.05) is 13.7 Å². The van der Waals surface area contributed by atoms with E-state index in [1.165, 1.54) is 6.33 Å². The van der Waals surface area contributed by atoms with Crippen LogP contribution in [0, 0.1) is 0 Å². The number of rotatable bonds is 7. The molecule has 1 aliphatic heterocycles. The Bertz CT molecular complexity index is 1090. The van der Waals surface area contributed by atoms with Gasteiger partial charge in [-0.15, -0.1) is 0 Å². The maximum atomic E-state index is 10.2. The number of aliphatic hydroxyl groups excluding tert-OH is 3. The number of carboxylic acids is 2. The number of hydrogen-bond acceptors (Lipinski definition) is 10. The number of carbonyl (C=O) groups is 2. The SMILES string of the molecule is CCOc1cc2c(cc1OC)C(c1cncnc1)=N[C@@H]1CC[C@@H](O)C[C@H]21.O=C(O)C(O)C(O)C(=O)O. The van der Waals surface area contributed by atoms with E-state index in [0.717, 1.165) is 47.4 Å². The molecule has 2 unspecified atom stereocenters. The van der Waals surface area contributed by atoms with E-state index in [1.54, 1.807) is 19.5 Å². The number of hydrogen-bond donors (Lipinski definition) is 5. The fourth-order valence-electron chi connectivity index (χ4n) is 4.29. The number of fused-ring (bicyclic) bond motifs is 3. The second-order valence-corrected chi connectivity index (χ2v) is 8.34. The molecular weight excluding hydrogens is 474 g/mol. The average Bonchev–Trinajstić information content (AvgIpc) is 2.88. The fourth-order valence-corrected chi connectivity index (χ4v) is 4.29. The van der Waals surface area contributed by atoms with Crippen molar-refractivity contribution in [3.8, 4) is 11.5 Å². The van der Waals surface area contributed by atoms with Gasteiger partial charge >= 0.3 is 11.9 Å². The summed E-state index contributed by atoms with van der Waals surface area (Å²) in [6.45, 7) is 2.53. The van der Waals surface area contributed by atoms with Crippen molar-refractivity contribution < 1.29 is 44.6 Å². The number of aliphatic carboxylic acids is 2. The van der Waals surface area contributed by atoms with Crippen molar-refractivity contribution in [2.24, 2.45) is 4.99 Å². The van der Waals surface area contributed by atoms with Gasteiger partial charge in [0, 0.05) is 29.4 Å². The van der Waals surface area contributed by atoms with E-state index in [0.29, 0.717) is 12.4 Å². The monoisotopic (exact) mass is 503 g/mol. The lowest BCUT2D eigenvalue weighted by molar-refractivity contribution is -0.165. The number of nitrogens with zero attached hydrogens (tertiary/aromatic N) is 3. The van der Waals surface area contributed by atoms with Crippen LogP contribution in [0.3, 0.4) is 0 Å². The van der Waals surface area contributed by atoms with Gasteiger partial charge in [-0.1, -0.05) is 0 Å². The first-order valence-electron chi connectivity index (χ1n) is 11.4. The number of carboxylic acid groups (broad SMARTS) is 2. The van der Waals surface area contributed by atoms with Gasteiger partial charge in [0.05, 0.1) is 31.6 Å². The number of aliphatic hydroxyl groups is 3. The molecule has 1 aliphatic carbocycles. The molecule has 0 bridgehead atoms. The van der Waals surface area contributed by atoms with E-state index in [4.69, 9.17) is 34.9 Å². The highest BCUT2D eigenvalue weighted by Crippen LogP contribution is 2.44. The Hall–Kier alpha value is -3.61. The second kappa shape index (κ2) is 11.9. The maximum absolute atomic E-state index is 10.2. The van der Waals surface area contributed by atoms with Crippen molar-refractivity contribution in [3.63, 3.8) is 0 Å². The molecule has 2 aliphatic rings. The molecule has 5 atom stereocenters. The largest absolute Gasteiger partial charge is 0.493 e. The Morgan fingerprint density at radius 2 is 1.69 bits per heavy atom. The smallest absolute Gasteiger partial charge is 0.335 e. The molecule has 0 saturated heterocycles. The molecule has 2 heterocycles. The van der Waals surface area contributed by atoms with Gasteiger partial charge in [0.1, 0.15) is 6.33 Å². The van der Waals surface area contributed by atoms with E-state index in [-0.39, 0.29) is 18.1 Å². The molecule has 0 amide bonds. The Morgan fingerprint density at radius 3 is 2.25 bits per heavy atom. The Labute approximate surface area is 206 Å². The van der Waals surface area contributed by atoms with E-state index in [9.17, 15) is 14.7 Å². The predicted octanol–water partition coefficient (Wildman–Crippen LogP) is 0.609. The Morgan fingerprint density at radius 1 is 1.06 bits per heavy atom. The first-order valence-corrected chi connectivity index (χ1v) is 11.4. The third-order valence-corrected chi connectivity index (χ3v) is 6.01. The van der Waals surface area contributed by atoms with Crippen molar-refractivity contribution in [1.29, 1.82) is 0 Å². The molecular formula is C24H29N3O9. The van der Waals surface area contributed by atoms with Crippen LogP contribution in [-0.2, 0) is 9.59 Å². The van der Waals surface area contributed by atoms with Gasteiger partial charge in [-0.2, -0.15) is 0 Å². The number of ether oxygens (including phenoxy) is 2. The normalized spacial score (nSPS) is 21.9. The molecule has 0 spiro atoms. The lowest BCUT2D eigenvalue weighted by atomic mass is 9.74. The van der Waals surface area contributed by atoms with Crippen LogP contribution >= 0.6 is 0 Å². The molecule has 1 fully saturated rings. The van der Waals surface area contributed by atoms with E-state index in [1.807, 2.05) is 13.0 Å². The lowest BCUT2D eigenvalue weighted by Crippen LogP contribution is -2.39. The standard InChI is InChI=1S/C20H23N3O3.C4H6O6/c1-3-26-19-7-14-15-6-13(24)4-5-17(15)23-20(12-9-21-11-22-10-12)16(14)8-18(19)25-2;5-1(3(7)8)2(6)4(9)10/h7-11,13,15,17,24H,3-6H2,1-2H3;1-2,5-6H,(H,7,8)(H,9,10)/t13-,15-,17-;/m1./s1. The van der Waals surface area contributed by atoms with Crippen LogP contribution in [0.15, 0.2) is 35.8 Å². The molecule has 2 aromatic rings. The third-order valence-electron chi connectivity index (χ3n) is 6.01. The summed E-state index contributed by atoms with van der Waals surface area (Å²) in [4.78, 5) is 32.9. The van der Waals surface area contributed by atoms with Gasteiger partial charge in [0.15, 0.2) is 23.7 Å². The predicted molar refractivity (Wildman–Crippen MR) is 126 cm³/mol. The third kappa shape index (κ3) is 5.96. The topological polar surface area (TPSA) is 192 Å². The summed E-state index contributed by atoms with van der Waals surface area (Å²) in [6.07, 6.45) is 2.66.